The molecule has 1 spiro atoms. The summed E-state index contributed by atoms with van der Waals surface area (Å²) in [6, 6.07) is 1.58. The van der Waals surface area contributed by atoms with Gasteiger partial charge < -0.3 is 0 Å². The smallest absolute Gasteiger partial charge is 0.0127 e. The molecule has 0 bridgehead atoms. The van der Waals surface area contributed by atoms with Gasteiger partial charge in [-0.25, -0.2) is 0 Å². The van der Waals surface area contributed by atoms with E-state index in [4.69, 9.17) is 0 Å². The van der Waals surface area contributed by atoms with E-state index in [1.807, 2.05) is 0 Å². The molecule has 2 rings (SSSR count). The van der Waals surface area contributed by atoms with Crippen LogP contribution < -0.4 is 0 Å². The molecule has 2 fully saturated rings. The van der Waals surface area contributed by atoms with Crippen molar-refractivity contribution in [2.24, 2.45) is 5.41 Å². The van der Waals surface area contributed by atoms with Gasteiger partial charge in [0.1, 0.15) is 0 Å². The molecule has 14 heavy (non-hydrogen) atoms. The van der Waals surface area contributed by atoms with E-state index >= 15 is 0 Å². The molecular weight excluding hydrogens is 170 g/mol. The highest BCUT2D eigenvalue weighted by atomic mass is 15.2. The van der Waals surface area contributed by atoms with Gasteiger partial charge in [0, 0.05) is 12.1 Å². The Morgan fingerprint density at radius 1 is 1.07 bits per heavy atom. The van der Waals surface area contributed by atoms with Crippen molar-refractivity contribution in [3.8, 4) is 0 Å². The maximum atomic E-state index is 2.71. The van der Waals surface area contributed by atoms with Gasteiger partial charge in [0.15, 0.2) is 0 Å². The van der Waals surface area contributed by atoms with Gasteiger partial charge in [-0.2, -0.15) is 0 Å². The van der Waals surface area contributed by atoms with Crippen LogP contribution in [0.2, 0.25) is 0 Å². The minimum absolute atomic E-state index is 0.711. The van der Waals surface area contributed by atoms with Crippen LogP contribution in [-0.4, -0.2) is 23.5 Å². The van der Waals surface area contributed by atoms with Gasteiger partial charge in [0.2, 0.25) is 0 Å². The fourth-order valence-electron chi connectivity index (χ4n) is 3.74. The highest BCUT2D eigenvalue weighted by Gasteiger charge is 2.45. The lowest BCUT2D eigenvalue weighted by Crippen LogP contribution is -2.41. The largest absolute Gasteiger partial charge is 0.298 e. The van der Waals surface area contributed by atoms with Gasteiger partial charge in [0.25, 0.3) is 0 Å². The van der Waals surface area contributed by atoms with Crippen LogP contribution in [0, 0.1) is 5.41 Å². The van der Waals surface area contributed by atoms with E-state index in [0.717, 1.165) is 12.1 Å². The van der Waals surface area contributed by atoms with E-state index in [1.54, 1.807) is 0 Å². The number of likely N-dealkylation sites (tertiary alicyclic amines) is 1. The Morgan fingerprint density at radius 3 is 2.21 bits per heavy atom. The van der Waals surface area contributed by atoms with Crippen LogP contribution >= 0.6 is 0 Å². The molecule has 1 aliphatic heterocycles. The maximum absolute atomic E-state index is 2.71. The molecule has 1 unspecified atom stereocenters. The number of rotatable bonds is 1. The lowest BCUT2D eigenvalue weighted by atomic mass is 9.69. The van der Waals surface area contributed by atoms with Crippen molar-refractivity contribution < 1.29 is 0 Å². The van der Waals surface area contributed by atoms with Gasteiger partial charge >= 0.3 is 0 Å². The third-order valence-corrected chi connectivity index (χ3v) is 4.76. The van der Waals surface area contributed by atoms with Gasteiger partial charge in [-0.3, -0.25) is 4.90 Å². The van der Waals surface area contributed by atoms with E-state index < -0.39 is 0 Å². The molecule has 0 aromatic rings. The van der Waals surface area contributed by atoms with Crippen molar-refractivity contribution >= 4 is 0 Å². The summed E-state index contributed by atoms with van der Waals surface area (Å²) >= 11 is 0. The molecule has 0 aromatic heterocycles. The molecular formula is C13H25N. The summed E-state index contributed by atoms with van der Waals surface area (Å²) in [6.07, 6.45) is 8.91. The monoisotopic (exact) mass is 195 g/mol. The fraction of sp³-hybridized carbons (Fsp3) is 1.00. The number of nitrogens with zero attached hydrogens (tertiary/aromatic N) is 1. The Labute approximate surface area is 88.9 Å². The van der Waals surface area contributed by atoms with E-state index in [-0.39, 0.29) is 0 Å². The Bertz CT molecular complexity index is 191. The van der Waals surface area contributed by atoms with Gasteiger partial charge in [-0.15, -0.1) is 0 Å². The second-order valence-electron chi connectivity index (χ2n) is 5.68. The Hall–Kier alpha value is -0.0400. The molecule has 1 aliphatic carbocycles. The standard InChI is InChI=1S/C13H25N/c1-11(2)14-10-9-13(12(14)3)7-5-4-6-8-13/h11-12H,4-10H2,1-3H3. The van der Waals surface area contributed by atoms with E-state index in [1.165, 1.54) is 45.1 Å². The molecule has 82 valence electrons. The normalized spacial score (nSPS) is 33.0. The fourth-order valence-corrected chi connectivity index (χ4v) is 3.74. The molecule has 1 atom stereocenters. The molecule has 2 aliphatic rings. The minimum Gasteiger partial charge on any atom is -0.298 e. The van der Waals surface area contributed by atoms with Crippen LogP contribution in [0.5, 0.6) is 0 Å². The first-order chi connectivity index (χ1) is 6.66. The van der Waals surface area contributed by atoms with Crippen molar-refractivity contribution in [2.75, 3.05) is 6.54 Å². The van der Waals surface area contributed by atoms with Crippen LogP contribution in [0.4, 0.5) is 0 Å². The van der Waals surface area contributed by atoms with E-state index in [9.17, 15) is 0 Å². The average molecular weight is 195 g/mol. The van der Waals surface area contributed by atoms with Gasteiger partial charge in [-0.1, -0.05) is 19.3 Å². The van der Waals surface area contributed by atoms with Crippen molar-refractivity contribution in [3.05, 3.63) is 0 Å². The van der Waals surface area contributed by atoms with Crippen LogP contribution in [0.1, 0.15) is 59.3 Å². The van der Waals surface area contributed by atoms with Crippen LogP contribution in [0.25, 0.3) is 0 Å². The third kappa shape index (κ3) is 1.60. The Balaban J connectivity index is 2.07. The summed E-state index contributed by atoms with van der Waals surface area (Å²) < 4.78 is 0. The number of hydrogen-bond acceptors (Lipinski definition) is 1. The predicted molar refractivity (Wildman–Crippen MR) is 61.4 cm³/mol. The highest BCUT2D eigenvalue weighted by Crippen LogP contribution is 2.48. The second-order valence-corrected chi connectivity index (χ2v) is 5.68. The number of hydrogen-bond donors (Lipinski definition) is 0. The van der Waals surface area contributed by atoms with Crippen LogP contribution in [0.15, 0.2) is 0 Å². The van der Waals surface area contributed by atoms with E-state index in [0.29, 0.717) is 5.41 Å². The summed E-state index contributed by atoms with van der Waals surface area (Å²) in [4.78, 5) is 2.71. The molecule has 1 heteroatoms. The predicted octanol–water partition coefficient (Wildman–Crippen LogP) is 3.44. The Kier molecular flexibility index (Phi) is 2.88. The molecule has 0 radical (unpaired) electrons. The minimum atomic E-state index is 0.711. The second kappa shape index (κ2) is 3.84. The third-order valence-electron chi connectivity index (χ3n) is 4.76. The molecule has 0 N–H and O–H groups in total. The lowest BCUT2D eigenvalue weighted by molar-refractivity contribution is 0.103. The average Bonchev–Trinajstić information content (AvgIpc) is 2.46. The zero-order valence-corrected chi connectivity index (χ0v) is 10.1. The first kappa shape index (κ1) is 10.5. The lowest BCUT2D eigenvalue weighted by Gasteiger charge is -2.40. The molecule has 0 aromatic carbocycles. The van der Waals surface area contributed by atoms with Crippen LogP contribution in [0.3, 0.4) is 0 Å². The zero-order valence-electron chi connectivity index (χ0n) is 10.1. The summed E-state index contributed by atoms with van der Waals surface area (Å²) in [7, 11) is 0. The first-order valence-electron chi connectivity index (χ1n) is 6.41. The highest BCUT2D eigenvalue weighted by molar-refractivity contribution is 4.98. The zero-order chi connectivity index (χ0) is 10.2. The maximum Gasteiger partial charge on any atom is 0.0127 e. The van der Waals surface area contributed by atoms with Gasteiger partial charge in [-0.05, 0) is 52.0 Å². The van der Waals surface area contributed by atoms with Crippen molar-refractivity contribution in [1.29, 1.82) is 0 Å². The van der Waals surface area contributed by atoms with Gasteiger partial charge in [0.05, 0.1) is 0 Å². The Morgan fingerprint density at radius 2 is 1.71 bits per heavy atom. The summed E-state index contributed by atoms with van der Waals surface area (Å²) in [5, 5.41) is 0. The topological polar surface area (TPSA) is 3.24 Å². The van der Waals surface area contributed by atoms with Crippen LogP contribution in [-0.2, 0) is 0 Å². The molecule has 1 saturated heterocycles. The molecule has 1 nitrogen and oxygen atoms in total. The van der Waals surface area contributed by atoms with Crippen molar-refractivity contribution in [2.45, 2.75) is 71.4 Å². The quantitative estimate of drug-likeness (QED) is 0.619. The van der Waals surface area contributed by atoms with E-state index in [2.05, 4.69) is 25.7 Å². The summed E-state index contributed by atoms with van der Waals surface area (Å²) in [6.45, 7) is 8.51. The summed E-state index contributed by atoms with van der Waals surface area (Å²) in [5.41, 5.74) is 0.711. The van der Waals surface area contributed by atoms with Crippen molar-refractivity contribution in [3.63, 3.8) is 0 Å². The SMILES string of the molecule is CC(C)N1CCC2(CCCCC2)C1C. The first-order valence-corrected chi connectivity index (χ1v) is 6.41. The molecule has 0 amide bonds. The summed E-state index contributed by atoms with van der Waals surface area (Å²) in [5.74, 6) is 0. The van der Waals surface area contributed by atoms with Crippen molar-refractivity contribution in [1.82, 2.24) is 4.90 Å². The molecule has 1 saturated carbocycles. The molecule has 1 heterocycles.